The summed E-state index contributed by atoms with van der Waals surface area (Å²) in [6.45, 7) is 14.3. The number of aromatic carboxylic acids is 1. The van der Waals surface area contributed by atoms with Crippen LogP contribution < -0.4 is 0 Å². The van der Waals surface area contributed by atoms with E-state index in [1.807, 2.05) is 23.6 Å². The molecular weight excluding hydrogens is 446 g/mol. The lowest BCUT2D eigenvalue weighted by Crippen LogP contribution is -2.41. The number of halogens is 2. The molecule has 1 heterocycles. The second kappa shape index (κ2) is 8.27. The fraction of sp³-hybridized carbons (Fsp3) is 0.550. The monoisotopic (exact) mass is 473 g/mol. The van der Waals surface area contributed by atoms with Gasteiger partial charge >= 0.3 is 5.97 Å². The average molecular weight is 475 g/mol. The largest absolute Gasteiger partial charge is 0.477 e. The van der Waals surface area contributed by atoms with Crippen LogP contribution in [0.3, 0.4) is 0 Å². The van der Waals surface area contributed by atoms with Gasteiger partial charge in [0.15, 0.2) is 8.32 Å². The highest BCUT2D eigenvalue weighted by atomic mass is 79.9. The van der Waals surface area contributed by atoms with E-state index in [-0.39, 0.29) is 5.04 Å². The van der Waals surface area contributed by atoms with Crippen LogP contribution in [0.5, 0.6) is 0 Å². The molecule has 0 fully saturated rings. The summed E-state index contributed by atoms with van der Waals surface area (Å²) in [5.74, 6) is -0.906. The summed E-state index contributed by atoms with van der Waals surface area (Å²) in [6.07, 6.45) is 1.45. The molecule has 0 radical (unpaired) electrons. The predicted octanol–water partition coefficient (Wildman–Crippen LogP) is 6.73. The van der Waals surface area contributed by atoms with E-state index in [1.54, 1.807) is 0 Å². The molecule has 0 unspecified atom stereocenters. The Hall–Kier alpha value is -0.823. The zero-order chi connectivity index (χ0) is 20.6. The van der Waals surface area contributed by atoms with E-state index < -0.39 is 14.3 Å². The molecule has 2 rings (SSSR count). The summed E-state index contributed by atoms with van der Waals surface area (Å²) in [5.41, 5.74) is 2.06. The quantitative estimate of drug-likeness (QED) is 0.357. The van der Waals surface area contributed by atoms with Crippen LogP contribution in [0.25, 0.3) is 10.9 Å². The second-order valence-corrected chi connectivity index (χ2v) is 14.4. The molecule has 27 heavy (non-hydrogen) atoms. The van der Waals surface area contributed by atoms with E-state index in [4.69, 9.17) is 16.0 Å². The standard InChI is InChI=1S/C20H29BrClNO3Si/c1-7-23-17-14(10-11-15(22)16(17)21)13(18(23)19(24)25)9-8-12-26-27(5,6)20(2,3)4/h10-11H,7-9,12H2,1-6H3,(H,24,25). The lowest BCUT2D eigenvalue weighted by molar-refractivity contribution is 0.0684. The number of fused-ring (bicyclic) bond motifs is 1. The maximum atomic E-state index is 12.0. The van der Waals surface area contributed by atoms with Gasteiger partial charge in [-0.3, -0.25) is 0 Å². The van der Waals surface area contributed by atoms with Crippen LogP contribution in [0, 0.1) is 0 Å². The van der Waals surface area contributed by atoms with Crippen molar-refractivity contribution in [1.82, 2.24) is 4.57 Å². The summed E-state index contributed by atoms with van der Waals surface area (Å²) in [7, 11) is -1.80. The SMILES string of the molecule is CCn1c(C(=O)O)c(CCCO[Si](C)(C)C(C)(C)C)c2ccc(Cl)c(Br)c21. The van der Waals surface area contributed by atoms with Crippen molar-refractivity contribution >= 4 is 52.7 Å². The van der Waals surface area contributed by atoms with Crippen LogP contribution in [0.15, 0.2) is 16.6 Å². The molecule has 1 aromatic carbocycles. The van der Waals surface area contributed by atoms with Crippen LogP contribution in [-0.4, -0.2) is 30.6 Å². The van der Waals surface area contributed by atoms with E-state index in [2.05, 4.69) is 49.8 Å². The molecule has 150 valence electrons. The molecule has 0 aliphatic carbocycles. The van der Waals surface area contributed by atoms with Crippen molar-refractivity contribution in [3.8, 4) is 0 Å². The minimum absolute atomic E-state index is 0.166. The molecule has 0 spiro atoms. The number of hydrogen-bond donors (Lipinski definition) is 1. The average Bonchev–Trinajstić information content (AvgIpc) is 2.88. The van der Waals surface area contributed by atoms with Gasteiger partial charge in [0.2, 0.25) is 0 Å². The topological polar surface area (TPSA) is 51.5 Å². The molecule has 0 atom stereocenters. The van der Waals surface area contributed by atoms with Gasteiger partial charge in [0, 0.05) is 18.5 Å². The fourth-order valence-corrected chi connectivity index (χ4v) is 4.86. The first-order valence-corrected chi connectivity index (χ1v) is 13.4. The molecule has 7 heteroatoms. The van der Waals surface area contributed by atoms with Crippen LogP contribution >= 0.6 is 27.5 Å². The summed E-state index contributed by atoms with van der Waals surface area (Å²) < 4.78 is 8.83. The number of carboxylic acid groups (broad SMARTS) is 1. The zero-order valence-electron chi connectivity index (χ0n) is 16.9. The summed E-state index contributed by atoms with van der Waals surface area (Å²) >= 11 is 9.79. The van der Waals surface area contributed by atoms with Gasteiger partial charge in [0.25, 0.3) is 0 Å². The zero-order valence-corrected chi connectivity index (χ0v) is 20.3. The Labute approximate surface area is 176 Å². The third kappa shape index (κ3) is 4.44. The Morgan fingerprint density at radius 3 is 2.48 bits per heavy atom. The van der Waals surface area contributed by atoms with Crippen LogP contribution in [0.2, 0.25) is 23.2 Å². The highest BCUT2D eigenvalue weighted by Gasteiger charge is 2.36. The number of aryl methyl sites for hydroxylation is 2. The third-order valence-electron chi connectivity index (χ3n) is 5.58. The van der Waals surface area contributed by atoms with Crippen molar-refractivity contribution in [2.45, 2.75) is 65.2 Å². The second-order valence-electron chi connectivity index (χ2n) is 8.35. The normalized spacial score (nSPS) is 12.7. The van der Waals surface area contributed by atoms with Gasteiger partial charge in [0.1, 0.15) is 5.69 Å². The number of carboxylic acids is 1. The molecular formula is C20H29BrClNO3Si. The number of aromatic nitrogens is 1. The van der Waals surface area contributed by atoms with Gasteiger partial charge in [0.05, 0.1) is 15.0 Å². The van der Waals surface area contributed by atoms with Crippen LogP contribution in [0.4, 0.5) is 0 Å². The highest BCUT2D eigenvalue weighted by molar-refractivity contribution is 9.10. The Balaban J connectivity index is 2.34. The summed E-state index contributed by atoms with van der Waals surface area (Å²) in [6, 6.07) is 3.74. The molecule has 0 aliphatic rings. The number of rotatable bonds is 7. The van der Waals surface area contributed by atoms with Crippen LogP contribution in [0.1, 0.15) is 50.2 Å². The summed E-state index contributed by atoms with van der Waals surface area (Å²) in [5, 5.41) is 11.5. The van der Waals surface area contributed by atoms with Gasteiger partial charge in [-0.2, -0.15) is 0 Å². The van der Waals surface area contributed by atoms with E-state index in [1.165, 1.54) is 0 Å². The third-order valence-corrected chi connectivity index (χ3v) is 11.5. The van der Waals surface area contributed by atoms with Crippen molar-refractivity contribution in [2.75, 3.05) is 6.61 Å². The van der Waals surface area contributed by atoms with Crippen molar-refractivity contribution in [1.29, 1.82) is 0 Å². The van der Waals surface area contributed by atoms with Crippen molar-refractivity contribution in [3.63, 3.8) is 0 Å². The molecule has 1 aromatic heterocycles. The Morgan fingerprint density at radius 1 is 1.33 bits per heavy atom. The van der Waals surface area contributed by atoms with Crippen molar-refractivity contribution < 1.29 is 14.3 Å². The maximum absolute atomic E-state index is 12.0. The number of carbonyl (C=O) groups is 1. The van der Waals surface area contributed by atoms with Gasteiger partial charge in [-0.15, -0.1) is 0 Å². The smallest absolute Gasteiger partial charge is 0.352 e. The van der Waals surface area contributed by atoms with Crippen molar-refractivity contribution in [2.24, 2.45) is 0 Å². The predicted molar refractivity (Wildman–Crippen MR) is 119 cm³/mol. The first kappa shape index (κ1) is 22.5. The minimum Gasteiger partial charge on any atom is -0.477 e. The number of benzene rings is 1. The minimum atomic E-state index is -1.80. The highest BCUT2D eigenvalue weighted by Crippen LogP contribution is 2.38. The van der Waals surface area contributed by atoms with E-state index in [0.717, 1.165) is 27.4 Å². The van der Waals surface area contributed by atoms with Gasteiger partial charge < -0.3 is 14.1 Å². The lowest BCUT2D eigenvalue weighted by atomic mass is 10.1. The molecule has 1 N–H and O–H groups in total. The number of nitrogens with zero attached hydrogens (tertiary/aromatic N) is 1. The fourth-order valence-electron chi connectivity index (χ4n) is 3.06. The molecule has 4 nitrogen and oxygen atoms in total. The molecule has 0 amide bonds. The Morgan fingerprint density at radius 2 is 1.96 bits per heavy atom. The lowest BCUT2D eigenvalue weighted by Gasteiger charge is -2.36. The van der Waals surface area contributed by atoms with E-state index >= 15 is 0 Å². The van der Waals surface area contributed by atoms with Crippen LogP contribution in [-0.2, 0) is 17.4 Å². The summed E-state index contributed by atoms with van der Waals surface area (Å²) in [4.78, 5) is 12.0. The van der Waals surface area contributed by atoms with E-state index in [0.29, 0.717) is 30.3 Å². The Bertz CT molecular complexity index is 855. The van der Waals surface area contributed by atoms with Crippen molar-refractivity contribution in [3.05, 3.63) is 32.9 Å². The molecule has 0 bridgehead atoms. The first-order valence-electron chi connectivity index (χ1n) is 9.28. The number of hydrogen-bond acceptors (Lipinski definition) is 2. The maximum Gasteiger partial charge on any atom is 0.352 e. The van der Waals surface area contributed by atoms with Gasteiger partial charge in [-0.1, -0.05) is 38.4 Å². The first-order chi connectivity index (χ1) is 12.4. The molecule has 0 aliphatic heterocycles. The molecule has 0 saturated carbocycles. The molecule has 0 saturated heterocycles. The molecule has 2 aromatic rings. The Kier molecular flexibility index (Phi) is 6.88. The van der Waals surface area contributed by atoms with Gasteiger partial charge in [-0.05, 0) is 65.5 Å². The van der Waals surface area contributed by atoms with Gasteiger partial charge in [-0.25, -0.2) is 4.79 Å². The van der Waals surface area contributed by atoms with E-state index in [9.17, 15) is 9.90 Å².